The Morgan fingerprint density at radius 2 is 1.75 bits per heavy atom. The summed E-state index contributed by atoms with van der Waals surface area (Å²) in [7, 11) is 0. The first kappa shape index (κ1) is 12.8. The second-order valence-corrected chi connectivity index (χ2v) is 5.20. The van der Waals surface area contributed by atoms with Crippen LogP contribution in [0.15, 0.2) is 12.2 Å². The first-order valence-electron chi connectivity index (χ1n) is 6.68. The van der Waals surface area contributed by atoms with Gasteiger partial charge in [0.05, 0.1) is 11.8 Å². The zero-order chi connectivity index (χ0) is 14.3. The number of imide groups is 2. The molecule has 0 unspecified atom stereocenters. The lowest BCUT2D eigenvalue weighted by Gasteiger charge is -2.18. The summed E-state index contributed by atoms with van der Waals surface area (Å²) < 4.78 is 0. The Hall–Kier alpha value is -2.18. The maximum absolute atomic E-state index is 12.2. The van der Waals surface area contributed by atoms with Crippen LogP contribution in [0.4, 0.5) is 4.79 Å². The van der Waals surface area contributed by atoms with Gasteiger partial charge in [0.2, 0.25) is 11.8 Å². The van der Waals surface area contributed by atoms with Crippen LogP contribution in [0.25, 0.3) is 0 Å². The molecule has 2 fully saturated rings. The molecule has 1 aliphatic carbocycles. The molecular formula is C13H15N3O4. The van der Waals surface area contributed by atoms with Gasteiger partial charge in [-0.1, -0.05) is 12.2 Å². The summed E-state index contributed by atoms with van der Waals surface area (Å²) in [5.41, 5.74) is 0. The van der Waals surface area contributed by atoms with Crippen molar-refractivity contribution in [2.75, 3.05) is 19.6 Å². The first-order chi connectivity index (χ1) is 9.59. The average molecular weight is 277 g/mol. The Morgan fingerprint density at radius 1 is 1.15 bits per heavy atom. The Balaban J connectivity index is 1.72. The molecule has 1 N–H and O–H groups in total. The van der Waals surface area contributed by atoms with Crippen LogP contribution < -0.4 is 5.32 Å². The van der Waals surface area contributed by atoms with Crippen molar-refractivity contribution in [3.63, 3.8) is 0 Å². The van der Waals surface area contributed by atoms with Gasteiger partial charge in [0.15, 0.2) is 0 Å². The van der Waals surface area contributed by atoms with Crippen molar-refractivity contribution in [3.05, 3.63) is 12.2 Å². The smallest absolute Gasteiger partial charge is 0.324 e. The third-order valence-corrected chi connectivity index (χ3v) is 4.05. The van der Waals surface area contributed by atoms with E-state index in [1.807, 2.05) is 12.2 Å². The normalized spacial score (nSPS) is 28.9. The molecular weight excluding hydrogens is 262 g/mol. The van der Waals surface area contributed by atoms with E-state index in [2.05, 4.69) is 5.32 Å². The summed E-state index contributed by atoms with van der Waals surface area (Å²) >= 11 is 0. The lowest BCUT2D eigenvalue weighted by molar-refractivity contribution is -0.145. The lowest BCUT2D eigenvalue weighted by Crippen LogP contribution is -2.44. The molecule has 0 aromatic carbocycles. The van der Waals surface area contributed by atoms with Gasteiger partial charge >= 0.3 is 6.03 Å². The molecule has 0 saturated carbocycles. The number of nitrogens with one attached hydrogen (secondary N) is 1. The Morgan fingerprint density at radius 3 is 2.25 bits per heavy atom. The predicted molar refractivity (Wildman–Crippen MR) is 67.2 cm³/mol. The summed E-state index contributed by atoms with van der Waals surface area (Å²) in [6, 6.07) is -0.465. The minimum Gasteiger partial charge on any atom is -0.336 e. The number of carbonyl (C=O) groups is 4. The molecule has 2 saturated heterocycles. The van der Waals surface area contributed by atoms with Crippen LogP contribution in [0.1, 0.15) is 12.8 Å². The molecule has 2 aliphatic heterocycles. The zero-order valence-electron chi connectivity index (χ0n) is 10.9. The van der Waals surface area contributed by atoms with Crippen molar-refractivity contribution >= 4 is 23.8 Å². The maximum atomic E-state index is 12.2. The highest BCUT2D eigenvalue weighted by molar-refractivity contribution is 6.08. The van der Waals surface area contributed by atoms with Gasteiger partial charge in [0, 0.05) is 13.1 Å². The molecule has 7 nitrogen and oxygen atoms in total. The van der Waals surface area contributed by atoms with E-state index in [0.29, 0.717) is 19.4 Å². The van der Waals surface area contributed by atoms with E-state index in [-0.39, 0.29) is 36.7 Å². The van der Waals surface area contributed by atoms with Crippen LogP contribution >= 0.6 is 0 Å². The molecule has 0 aromatic heterocycles. The van der Waals surface area contributed by atoms with E-state index in [0.717, 1.165) is 9.80 Å². The van der Waals surface area contributed by atoms with E-state index in [4.69, 9.17) is 0 Å². The Kier molecular flexibility index (Phi) is 3.04. The van der Waals surface area contributed by atoms with Crippen molar-refractivity contribution in [1.29, 1.82) is 0 Å². The van der Waals surface area contributed by atoms with Crippen LogP contribution in [0.5, 0.6) is 0 Å². The number of carbonyl (C=O) groups excluding carboxylic acids is 4. The fraction of sp³-hybridized carbons (Fsp3) is 0.538. The van der Waals surface area contributed by atoms with Gasteiger partial charge in [-0.25, -0.2) is 4.79 Å². The van der Waals surface area contributed by atoms with Gasteiger partial charge in [-0.05, 0) is 12.8 Å². The summed E-state index contributed by atoms with van der Waals surface area (Å²) in [6.45, 7) is 0.349. The summed E-state index contributed by atoms with van der Waals surface area (Å²) in [4.78, 5) is 49.8. The van der Waals surface area contributed by atoms with E-state index >= 15 is 0 Å². The SMILES string of the molecule is O=C(CN1C(=O)[C@@H]2CC=CC[C@H]2C1=O)N1CCNC1=O. The van der Waals surface area contributed by atoms with E-state index in [9.17, 15) is 19.2 Å². The first-order valence-corrected chi connectivity index (χ1v) is 6.68. The molecule has 0 bridgehead atoms. The topological polar surface area (TPSA) is 86.8 Å². The van der Waals surface area contributed by atoms with Gasteiger partial charge in [-0.15, -0.1) is 0 Å². The average Bonchev–Trinajstić information content (AvgIpc) is 2.97. The number of amides is 5. The standard InChI is InChI=1S/C13H15N3O4/c17-10(15-6-5-14-13(15)20)7-16-11(18)8-3-1-2-4-9(8)12(16)19/h1-2,8-9H,3-7H2,(H,14,20)/t8-,9-/m1/s1. The van der Waals surface area contributed by atoms with Crippen molar-refractivity contribution in [2.45, 2.75) is 12.8 Å². The van der Waals surface area contributed by atoms with E-state index < -0.39 is 11.9 Å². The number of likely N-dealkylation sites (tertiary alicyclic amines) is 1. The zero-order valence-corrected chi connectivity index (χ0v) is 10.9. The van der Waals surface area contributed by atoms with Gasteiger partial charge in [0.1, 0.15) is 6.54 Å². The van der Waals surface area contributed by atoms with Crippen molar-refractivity contribution in [2.24, 2.45) is 11.8 Å². The second-order valence-electron chi connectivity index (χ2n) is 5.20. The minimum absolute atomic E-state index is 0.280. The maximum Gasteiger partial charge on any atom is 0.324 e. The molecule has 0 aromatic rings. The number of hydrogen-bond donors (Lipinski definition) is 1. The van der Waals surface area contributed by atoms with Crippen molar-refractivity contribution < 1.29 is 19.2 Å². The molecule has 3 rings (SSSR count). The summed E-state index contributed by atoms with van der Waals surface area (Å²) in [5.74, 6) is -1.77. The highest BCUT2D eigenvalue weighted by atomic mass is 16.2. The van der Waals surface area contributed by atoms with Crippen LogP contribution in [-0.2, 0) is 14.4 Å². The number of allylic oxidation sites excluding steroid dienone is 2. The fourth-order valence-electron chi connectivity index (χ4n) is 2.96. The van der Waals surface area contributed by atoms with Crippen LogP contribution in [0, 0.1) is 11.8 Å². The fourth-order valence-corrected chi connectivity index (χ4v) is 2.96. The second kappa shape index (κ2) is 4.73. The Labute approximate surface area is 115 Å². The highest BCUT2D eigenvalue weighted by Gasteiger charge is 2.48. The number of urea groups is 1. The van der Waals surface area contributed by atoms with Gasteiger partial charge < -0.3 is 5.32 Å². The lowest BCUT2D eigenvalue weighted by atomic mass is 9.85. The predicted octanol–water partition coefficient (Wildman–Crippen LogP) is -0.511. The minimum atomic E-state index is -0.506. The molecule has 0 radical (unpaired) electrons. The number of fused-ring (bicyclic) bond motifs is 1. The molecule has 7 heteroatoms. The third kappa shape index (κ3) is 1.90. The molecule has 3 aliphatic rings. The largest absolute Gasteiger partial charge is 0.336 e. The van der Waals surface area contributed by atoms with Crippen LogP contribution in [-0.4, -0.2) is 53.2 Å². The van der Waals surface area contributed by atoms with Gasteiger partial charge in [0.25, 0.3) is 5.91 Å². The number of nitrogens with zero attached hydrogens (tertiary/aromatic N) is 2. The van der Waals surface area contributed by atoms with Gasteiger partial charge in [-0.2, -0.15) is 0 Å². The molecule has 106 valence electrons. The highest BCUT2D eigenvalue weighted by Crippen LogP contribution is 2.34. The monoisotopic (exact) mass is 277 g/mol. The quantitative estimate of drug-likeness (QED) is 0.544. The van der Waals surface area contributed by atoms with E-state index in [1.165, 1.54) is 0 Å². The summed E-state index contributed by atoms with van der Waals surface area (Å²) in [6.07, 6.45) is 4.88. The third-order valence-electron chi connectivity index (χ3n) is 4.05. The van der Waals surface area contributed by atoms with Crippen LogP contribution in [0.3, 0.4) is 0 Å². The molecule has 2 heterocycles. The molecule has 2 atom stereocenters. The molecule has 5 amide bonds. The van der Waals surface area contributed by atoms with Crippen molar-refractivity contribution in [1.82, 2.24) is 15.1 Å². The van der Waals surface area contributed by atoms with E-state index in [1.54, 1.807) is 0 Å². The number of hydrogen-bond acceptors (Lipinski definition) is 4. The number of rotatable bonds is 2. The molecule has 0 spiro atoms. The van der Waals surface area contributed by atoms with Crippen LogP contribution in [0.2, 0.25) is 0 Å². The molecule has 20 heavy (non-hydrogen) atoms. The van der Waals surface area contributed by atoms with Gasteiger partial charge in [-0.3, -0.25) is 24.2 Å². The summed E-state index contributed by atoms with van der Waals surface area (Å²) in [5, 5.41) is 2.52. The Bertz CT molecular complexity index is 502. The van der Waals surface area contributed by atoms with Crippen molar-refractivity contribution in [3.8, 4) is 0 Å².